The molecule has 0 saturated carbocycles. The van der Waals surface area contributed by atoms with Gasteiger partial charge in [0.2, 0.25) is 0 Å². The van der Waals surface area contributed by atoms with Gasteiger partial charge < -0.3 is 15.5 Å². The van der Waals surface area contributed by atoms with Crippen LogP contribution >= 0.6 is 0 Å². The first-order valence-corrected chi connectivity index (χ1v) is 6.91. The average molecular weight is 238 g/mol. The molecule has 0 atom stereocenters. The molecule has 17 heavy (non-hydrogen) atoms. The van der Waals surface area contributed by atoms with Crippen molar-refractivity contribution in [3.05, 3.63) is 0 Å². The zero-order chi connectivity index (χ0) is 12.5. The lowest BCUT2D eigenvalue weighted by molar-refractivity contribution is 0.0697. The molecule has 2 heterocycles. The fraction of sp³-hybridized carbons (Fsp3) is 0.923. The van der Waals surface area contributed by atoms with Gasteiger partial charge in [0.15, 0.2) is 5.96 Å². The number of piperidine rings is 1. The Bertz CT molecular complexity index is 290. The highest BCUT2D eigenvalue weighted by molar-refractivity contribution is 5.81. The molecular weight excluding hydrogens is 212 g/mol. The van der Waals surface area contributed by atoms with E-state index in [1.165, 1.54) is 38.9 Å². The van der Waals surface area contributed by atoms with Gasteiger partial charge in [0, 0.05) is 19.1 Å². The Balaban J connectivity index is 2.02. The number of hydrogen-bond donors (Lipinski definition) is 1. The zero-order valence-electron chi connectivity index (χ0n) is 11.4. The summed E-state index contributed by atoms with van der Waals surface area (Å²) in [6.45, 7) is 11.2. The molecule has 0 aliphatic carbocycles. The van der Waals surface area contributed by atoms with Crippen LogP contribution in [0.2, 0.25) is 0 Å². The third-order valence-electron chi connectivity index (χ3n) is 4.14. The molecule has 0 amide bonds. The van der Waals surface area contributed by atoms with Crippen LogP contribution in [0.1, 0.15) is 40.0 Å². The molecule has 4 heteroatoms. The van der Waals surface area contributed by atoms with Crippen molar-refractivity contribution < 1.29 is 0 Å². The van der Waals surface area contributed by atoms with Crippen molar-refractivity contribution in [2.24, 2.45) is 10.7 Å². The Morgan fingerprint density at radius 1 is 1.35 bits per heavy atom. The Morgan fingerprint density at radius 3 is 2.53 bits per heavy atom. The molecule has 2 aliphatic heterocycles. The quantitative estimate of drug-likeness (QED) is 0.805. The van der Waals surface area contributed by atoms with Crippen LogP contribution in [0.3, 0.4) is 0 Å². The number of likely N-dealkylation sites (tertiary alicyclic amines) is 1. The first kappa shape index (κ1) is 12.7. The van der Waals surface area contributed by atoms with Crippen molar-refractivity contribution >= 4 is 5.96 Å². The summed E-state index contributed by atoms with van der Waals surface area (Å²) in [6, 6.07) is 0.457. The van der Waals surface area contributed by atoms with Gasteiger partial charge in [0.25, 0.3) is 0 Å². The molecule has 0 aromatic carbocycles. The molecule has 2 aliphatic rings. The summed E-state index contributed by atoms with van der Waals surface area (Å²) in [7, 11) is 0. The number of guanidine groups is 1. The maximum Gasteiger partial charge on any atom is 0.192 e. The molecule has 2 N–H and O–H groups in total. The molecular formula is C13H26N4. The minimum atomic E-state index is 0.225. The second-order valence-electron chi connectivity index (χ2n) is 5.70. The van der Waals surface area contributed by atoms with Crippen molar-refractivity contribution in [2.75, 3.05) is 26.2 Å². The van der Waals surface area contributed by atoms with Crippen LogP contribution in [0.25, 0.3) is 0 Å². The maximum atomic E-state index is 6.04. The number of rotatable bonds is 3. The van der Waals surface area contributed by atoms with E-state index in [-0.39, 0.29) is 5.54 Å². The van der Waals surface area contributed by atoms with E-state index in [9.17, 15) is 0 Å². The molecule has 4 nitrogen and oxygen atoms in total. The molecule has 0 bridgehead atoms. The van der Waals surface area contributed by atoms with Crippen molar-refractivity contribution in [1.29, 1.82) is 0 Å². The normalized spacial score (nSPS) is 24.7. The van der Waals surface area contributed by atoms with Crippen LogP contribution in [0.5, 0.6) is 0 Å². The van der Waals surface area contributed by atoms with Crippen LogP contribution in [0, 0.1) is 0 Å². The monoisotopic (exact) mass is 238 g/mol. The van der Waals surface area contributed by atoms with E-state index in [1.807, 2.05) is 0 Å². The largest absolute Gasteiger partial charge is 0.370 e. The van der Waals surface area contributed by atoms with Gasteiger partial charge in [-0.15, -0.1) is 0 Å². The number of aliphatic imine (C=N–C) groups is 1. The standard InChI is InChI=1S/C13H26N4/c1-4-7-16-8-5-13(6-9-16)10-15-12(14)17(13)11(2)3/h11H,4-10H2,1-3H3,(H2,14,15). The average Bonchev–Trinajstić information content (AvgIpc) is 2.60. The van der Waals surface area contributed by atoms with Gasteiger partial charge in [0.1, 0.15) is 0 Å². The molecule has 1 saturated heterocycles. The minimum Gasteiger partial charge on any atom is -0.370 e. The Hall–Kier alpha value is -0.770. The van der Waals surface area contributed by atoms with Gasteiger partial charge >= 0.3 is 0 Å². The van der Waals surface area contributed by atoms with Crippen molar-refractivity contribution in [1.82, 2.24) is 9.80 Å². The zero-order valence-corrected chi connectivity index (χ0v) is 11.4. The second kappa shape index (κ2) is 4.84. The lowest BCUT2D eigenvalue weighted by atomic mass is 9.85. The third kappa shape index (κ3) is 2.28. The predicted molar refractivity (Wildman–Crippen MR) is 72.2 cm³/mol. The Kier molecular flexibility index (Phi) is 3.61. The summed E-state index contributed by atoms with van der Waals surface area (Å²) < 4.78 is 0. The third-order valence-corrected chi connectivity index (χ3v) is 4.14. The topological polar surface area (TPSA) is 44.9 Å². The van der Waals surface area contributed by atoms with Gasteiger partial charge in [-0.2, -0.15) is 0 Å². The fourth-order valence-electron chi connectivity index (χ4n) is 3.34. The highest BCUT2D eigenvalue weighted by Crippen LogP contribution is 2.34. The molecule has 98 valence electrons. The first-order valence-electron chi connectivity index (χ1n) is 6.91. The molecule has 0 aromatic rings. The molecule has 0 unspecified atom stereocenters. The SMILES string of the molecule is CCCN1CCC2(CC1)CN=C(N)N2C(C)C. The van der Waals surface area contributed by atoms with Crippen LogP contribution in [0.15, 0.2) is 4.99 Å². The van der Waals surface area contributed by atoms with Gasteiger partial charge in [-0.05, 0) is 39.7 Å². The molecule has 0 radical (unpaired) electrons. The van der Waals surface area contributed by atoms with Crippen molar-refractivity contribution in [3.8, 4) is 0 Å². The van der Waals surface area contributed by atoms with Crippen molar-refractivity contribution in [3.63, 3.8) is 0 Å². The lowest BCUT2D eigenvalue weighted by Crippen LogP contribution is -2.59. The number of hydrogen-bond acceptors (Lipinski definition) is 4. The number of nitrogens with zero attached hydrogens (tertiary/aromatic N) is 3. The molecule has 2 rings (SSSR count). The van der Waals surface area contributed by atoms with Crippen LogP contribution in [0.4, 0.5) is 0 Å². The van der Waals surface area contributed by atoms with Gasteiger partial charge in [-0.1, -0.05) is 6.92 Å². The second-order valence-corrected chi connectivity index (χ2v) is 5.70. The Labute approximate surface area is 105 Å². The van der Waals surface area contributed by atoms with E-state index in [1.54, 1.807) is 0 Å². The van der Waals surface area contributed by atoms with Crippen LogP contribution in [-0.4, -0.2) is 53.5 Å². The summed E-state index contributed by atoms with van der Waals surface area (Å²) in [4.78, 5) is 9.41. The minimum absolute atomic E-state index is 0.225. The van der Waals surface area contributed by atoms with E-state index in [0.717, 1.165) is 12.5 Å². The maximum absolute atomic E-state index is 6.04. The summed E-state index contributed by atoms with van der Waals surface area (Å²) >= 11 is 0. The first-order chi connectivity index (χ1) is 8.09. The Morgan fingerprint density at radius 2 is 2.00 bits per heavy atom. The van der Waals surface area contributed by atoms with E-state index in [0.29, 0.717) is 6.04 Å². The lowest BCUT2D eigenvalue weighted by Gasteiger charge is -2.47. The van der Waals surface area contributed by atoms with Gasteiger partial charge in [-0.3, -0.25) is 4.99 Å². The van der Waals surface area contributed by atoms with Crippen molar-refractivity contribution in [2.45, 2.75) is 51.6 Å². The summed E-state index contributed by atoms with van der Waals surface area (Å²) in [6.07, 6.45) is 3.66. The highest BCUT2D eigenvalue weighted by atomic mass is 15.4. The van der Waals surface area contributed by atoms with Crippen LogP contribution < -0.4 is 5.73 Å². The van der Waals surface area contributed by atoms with E-state index in [4.69, 9.17) is 5.73 Å². The van der Waals surface area contributed by atoms with Gasteiger partial charge in [0.05, 0.1) is 12.1 Å². The predicted octanol–water partition coefficient (Wildman–Crippen LogP) is 1.27. The number of nitrogens with two attached hydrogens (primary N) is 1. The van der Waals surface area contributed by atoms with E-state index < -0.39 is 0 Å². The van der Waals surface area contributed by atoms with E-state index in [2.05, 4.69) is 35.6 Å². The molecule has 1 spiro atoms. The molecule has 1 fully saturated rings. The molecule has 0 aromatic heterocycles. The fourth-order valence-corrected chi connectivity index (χ4v) is 3.34. The highest BCUT2D eigenvalue weighted by Gasteiger charge is 2.45. The van der Waals surface area contributed by atoms with E-state index >= 15 is 0 Å². The summed E-state index contributed by atoms with van der Waals surface area (Å²) in [5.41, 5.74) is 6.27. The smallest absolute Gasteiger partial charge is 0.192 e. The van der Waals surface area contributed by atoms with Gasteiger partial charge in [-0.25, -0.2) is 0 Å². The summed E-state index contributed by atoms with van der Waals surface area (Å²) in [5.74, 6) is 0.754. The van der Waals surface area contributed by atoms with Crippen LogP contribution in [-0.2, 0) is 0 Å². The summed E-state index contributed by atoms with van der Waals surface area (Å²) in [5, 5.41) is 0.